The summed E-state index contributed by atoms with van der Waals surface area (Å²) in [5, 5.41) is 0.669. The van der Waals surface area contributed by atoms with E-state index in [2.05, 4.69) is 4.84 Å². The van der Waals surface area contributed by atoms with Gasteiger partial charge in [-0.3, -0.25) is 4.79 Å². The fourth-order valence-corrected chi connectivity index (χ4v) is 2.35. The van der Waals surface area contributed by atoms with Gasteiger partial charge in [-0.05, 0) is 55.3 Å². The number of carbonyl (C=O) groups is 1. The van der Waals surface area contributed by atoms with E-state index in [4.69, 9.17) is 23.4 Å². The fourth-order valence-electron chi connectivity index (χ4n) is 2.02. The molecular weight excluding hydrogens is 259 g/mol. The fraction of sp³-hybridized carbons (Fsp3) is 0.417. The Morgan fingerprint density at radius 3 is 2.59 bits per heavy atom. The van der Waals surface area contributed by atoms with Crippen LogP contribution in [0.3, 0.4) is 0 Å². The molecule has 2 rings (SSSR count). The summed E-state index contributed by atoms with van der Waals surface area (Å²) in [7, 11) is 0. The van der Waals surface area contributed by atoms with Crippen LogP contribution < -0.4 is 9.74 Å². The van der Waals surface area contributed by atoms with E-state index in [1.54, 1.807) is 17.0 Å². The van der Waals surface area contributed by atoms with Crippen molar-refractivity contribution in [3.63, 3.8) is 0 Å². The molecule has 1 saturated heterocycles. The molecule has 3 nitrogen and oxygen atoms in total. The molecule has 92 valence electrons. The van der Waals surface area contributed by atoms with Gasteiger partial charge in [0.05, 0.1) is 0 Å². The van der Waals surface area contributed by atoms with Crippen LogP contribution in [0.4, 0.5) is 5.69 Å². The zero-order valence-electron chi connectivity index (χ0n) is 9.33. The number of halogens is 2. The maximum absolute atomic E-state index is 12.2. The van der Waals surface area contributed by atoms with Crippen LogP contribution in [0.25, 0.3) is 0 Å². The van der Waals surface area contributed by atoms with Gasteiger partial charge in [-0.2, -0.15) is 0 Å². The van der Waals surface area contributed by atoms with Crippen molar-refractivity contribution >= 4 is 35.0 Å². The maximum Gasteiger partial charge on any atom is 0.245 e. The van der Waals surface area contributed by atoms with Crippen molar-refractivity contribution in [3.05, 3.63) is 29.3 Å². The predicted octanol–water partition coefficient (Wildman–Crippen LogP) is 2.97. The molecule has 0 aliphatic carbocycles. The highest BCUT2D eigenvalue weighted by atomic mass is 35.5. The van der Waals surface area contributed by atoms with Crippen LogP contribution in [0.1, 0.15) is 19.3 Å². The van der Waals surface area contributed by atoms with E-state index in [0.717, 1.165) is 31.5 Å². The zero-order valence-corrected chi connectivity index (χ0v) is 10.8. The summed E-state index contributed by atoms with van der Waals surface area (Å²) in [5.41, 5.74) is 0.873. The first-order valence-electron chi connectivity index (χ1n) is 5.65. The number of anilines is 1. The first kappa shape index (κ1) is 12.7. The summed E-state index contributed by atoms with van der Waals surface area (Å²) in [5.74, 6) is 0.0276. The average molecular weight is 273 g/mol. The van der Waals surface area contributed by atoms with Gasteiger partial charge < -0.3 is 4.90 Å². The van der Waals surface area contributed by atoms with Gasteiger partial charge in [0.15, 0.2) is 0 Å². The topological polar surface area (TPSA) is 32.3 Å². The molecule has 1 aromatic carbocycles. The van der Waals surface area contributed by atoms with E-state index in [9.17, 15) is 4.79 Å². The van der Waals surface area contributed by atoms with Gasteiger partial charge in [-0.15, -0.1) is 0 Å². The van der Waals surface area contributed by atoms with E-state index in [1.807, 2.05) is 12.1 Å². The van der Waals surface area contributed by atoms with Gasteiger partial charge in [0.1, 0.15) is 6.04 Å². The lowest BCUT2D eigenvalue weighted by atomic mass is 10.1. The smallest absolute Gasteiger partial charge is 0.245 e. The van der Waals surface area contributed by atoms with E-state index < -0.39 is 0 Å². The molecule has 5 heteroatoms. The Balaban J connectivity index is 2.23. The first-order chi connectivity index (χ1) is 8.22. The summed E-state index contributed by atoms with van der Waals surface area (Å²) in [6.07, 6.45) is 2.77. The van der Waals surface area contributed by atoms with Crippen LogP contribution in [-0.2, 0) is 4.79 Å². The number of nitrogens with one attached hydrogen (secondary N) is 1. The molecule has 1 heterocycles. The number of amides is 1. The Kier molecular flexibility index (Phi) is 4.26. The van der Waals surface area contributed by atoms with Crippen molar-refractivity contribution in [3.8, 4) is 0 Å². The van der Waals surface area contributed by atoms with Gasteiger partial charge in [-0.25, -0.2) is 4.84 Å². The normalized spacial score (nSPS) is 21.4. The van der Waals surface area contributed by atoms with Crippen LogP contribution >= 0.6 is 23.4 Å². The van der Waals surface area contributed by atoms with Crippen LogP contribution in [0.2, 0.25) is 5.02 Å². The van der Waals surface area contributed by atoms with E-state index >= 15 is 0 Å². The Bertz CT molecular complexity index is 394. The maximum atomic E-state index is 12.2. The van der Waals surface area contributed by atoms with Gasteiger partial charge in [0.2, 0.25) is 5.91 Å². The van der Waals surface area contributed by atoms with Crippen LogP contribution in [0.5, 0.6) is 0 Å². The second kappa shape index (κ2) is 5.71. The molecule has 0 saturated carbocycles. The summed E-state index contributed by atoms with van der Waals surface area (Å²) in [4.78, 5) is 16.5. The van der Waals surface area contributed by atoms with Crippen molar-refractivity contribution in [1.29, 1.82) is 0 Å². The number of nitrogens with zero attached hydrogens (tertiary/aromatic N) is 1. The Morgan fingerprint density at radius 1 is 1.24 bits per heavy atom. The standard InChI is InChI=1S/C12H14Cl2N2O/c13-9-4-6-10(7-5-9)16-8-2-1-3-11(15-14)12(16)17/h4-7,11,15H,1-3,8H2/t11-/m0/s1. The number of rotatable bonds is 2. The molecule has 1 aromatic rings. The molecule has 0 radical (unpaired) electrons. The van der Waals surface area contributed by atoms with Gasteiger partial charge in [0.25, 0.3) is 0 Å². The summed E-state index contributed by atoms with van der Waals surface area (Å²) < 4.78 is 0. The summed E-state index contributed by atoms with van der Waals surface area (Å²) in [6, 6.07) is 7.00. The third-order valence-electron chi connectivity index (χ3n) is 2.96. The van der Waals surface area contributed by atoms with Crippen LogP contribution in [0, 0.1) is 0 Å². The molecule has 0 bridgehead atoms. The molecule has 0 aromatic heterocycles. The van der Waals surface area contributed by atoms with Crippen LogP contribution in [-0.4, -0.2) is 18.5 Å². The van der Waals surface area contributed by atoms with Crippen LogP contribution in [0.15, 0.2) is 24.3 Å². The Labute approximate surface area is 111 Å². The summed E-state index contributed by atoms with van der Waals surface area (Å²) >= 11 is 11.4. The van der Waals surface area contributed by atoms with Crippen molar-refractivity contribution < 1.29 is 4.79 Å². The monoisotopic (exact) mass is 272 g/mol. The highest BCUT2D eigenvalue weighted by Gasteiger charge is 2.27. The lowest BCUT2D eigenvalue weighted by Gasteiger charge is -2.23. The van der Waals surface area contributed by atoms with Gasteiger partial charge >= 0.3 is 0 Å². The lowest BCUT2D eigenvalue weighted by Crippen LogP contribution is -2.42. The number of hydrogen-bond donors (Lipinski definition) is 1. The van der Waals surface area contributed by atoms with Crippen molar-refractivity contribution in [2.45, 2.75) is 25.3 Å². The number of carbonyl (C=O) groups excluding carboxylic acids is 1. The molecule has 1 amide bonds. The molecule has 1 N–H and O–H groups in total. The number of hydrogen-bond acceptors (Lipinski definition) is 2. The minimum Gasteiger partial charge on any atom is -0.311 e. The Hall–Kier alpha value is -0.770. The molecular formula is C12H14Cl2N2O. The van der Waals surface area contributed by atoms with Crippen molar-refractivity contribution in [2.75, 3.05) is 11.4 Å². The minimum absolute atomic E-state index is 0.0276. The van der Waals surface area contributed by atoms with Crippen molar-refractivity contribution in [1.82, 2.24) is 4.84 Å². The third kappa shape index (κ3) is 2.92. The van der Waals surface area contributed by atoms with E-state index in [0.29, 0.717) is 5.02 Å². The molecule has 1 fully saturated rings. The third-order valence-corrected chi connectivity index (χ3v) is 3.47. The van der Waals surface area contributed by atoms with E-state index in [1.165, 1.54) is 0 Å². The predicted molar refractivity (Wildman–Crippen MR) is 70.4 cm³/mol. The molecule has 0 unspecified atom stereocenters. The van der Waals surface area contributed by atoms with E-state index in [-0.39, 0.29) is 11.9 Å². The number of benzene rings is 1. The highest BCUT2D eigenvalue weighted by molar-refractivity contribution is 6.30. The summed E-state index contributed by atoms with van der Waals surface area (Å²) in [6.45, 7) is 0.732. The minimum atomic E-state index is -0.296. The largest absolute Gasteiger partial charge is 0.311 e. The van der Waals surface area contributed by atoms with Gasteiger partial charge in [0, 0.05) is 17.3 Å². The molecule has 1 aliphatic heterocycles. The second-order valence-corrected chi connectivity index (χ2v) is 4.78. The Morgan fingerprint density at radius 2 is 1.94 bits per heavy atom. The quantitative estimate of drug-likeness (QED) is 0.840. The average Bonchev–Trinajstić information content (AvgIpc) is 2.52. The molecule has 1 aliphatic rings. The van der Waals surface area contributed by atoms with Crippen molar-refractivity contribution in [2.24, 2.45) is 0 Å². The zero-order chi connectivity index (χ0) is 12.3. The highest BCUT2D eigenvalue weighted by Crippen LogP contribution is 2.22. The second-order valence-electron chi connectivity index (χ2n) is 4.12. The molecule has 17 heavy (non-hydrogen) atoms. The van der Waals surface area contributed by atoms with Gasteiger partial charge in [-0.1, -0.05) is 11.6 Å². The SMILES string of the molecule is O=C1[C@@H](NCl)CCCCN1c1ccc(Cl)cc1. The first-order valence-corrected chi connectivity index (χ1v) is 6.41. The molecule has 1 atom stereocenters. The molecule has 0 spiro atoms. The lowest BCUT2D eigenvalue weighted by molar-refractivity contribution is -0.120.